The molecule has 0 saturated heterocycles. The fourth-order valence-electron chi connectivity index (χ4n) is 2.80. The molecule has 1 aliphatic heterocycles. The average Bonchev–Trinajstić information content (AvgIpc) is 3.31. The Balaban J connectivity index is 1.92. The quantitative estimate of drug-likeness (QED) is 0.863. The number of carbonyl (C=O) groups excluding carboxylic acids is 1. The summed E-state index contributed by atoms with van der Waals surface area (Å²) in [5.41, 5.74) is 7.81. The number of benzene rings is 1. The van der Waals surface area contributed by atoms with E-state index in [0.29, 0.717) is 17.4 Å². The summed E-state index contributed by atoms with van der Waals surface area (Å²) in [7, 11) is 0. The van der Waals surface area contributed by atoms with Gasteiger partial charge in [0.15, 0.2) is 6.10 Å². The SMILES string of the molecule is CC1Oc2ccc(C(N)C3CC3)cc2N(CCC(=O)O)C1=O. The Bertz CT molecular complexity index is 612. The normalized spacial score (nSPS) is 22.0. The van der Waals surface area contributed by atoms with Crippen molar-refractivity contribution < 1.29 is 19.4 Å². The summed E-state index contributed by atoms with van der Waals surface area (Å²) < 4.78 is 5.61. The van der Waals surface area contributed by atoms with Crippen LogP contribution >= 0.6 is 0 Å². The highest BCUT2D eigenvalue weighted by atomic mass is 16.5. The van der Waals surface area contributed by atoms with Crippen molar-refractivity contribution in [2.45, 2.75) is 38.3 Å². The lowest BCUT2D eigenvalue weighted by molar-refractivity contribution is -0.136. The van der Waals surface area contributed by atoms with Crippen LogP contribution in [0, 0.1) is 5.92 Å². The molecule has 1 amide bonds. The molecule has 3 N–H and O–H groups in total. The molecule has 3 rings (SSSR count). The third kappa shape index (κ3) is 2.78. The molecule has 1 aliphatic carbocycles. The number of amides is 1. The second-order valence-electron chi connectivity index (χ2n) is 5.98. The molecule has 6 heteroatoms. The first-order valence-corrected chi connectivity index (χ1v) is 7.56. The van der Waals surface area contributed by atoms with Crippen LogP contribution < -0.4 is 15.4 Å². The van der Waals surface area contributed by atoms with E-state index in [4.69, 9.17) is 15.6 Å². The molecule has 22 heavy (non-hydrogen) atoms. The van der Waals surface area contributed by atoms with Crippen molar-refractivity contribution in [3.05, 3.63) is 23.8 Å². The van der Waals surface area contributed by atoms with E-state index < -0.39 is 12.1 Å². The van der Waals surface area contributed by atoms with Crippen molar-refractivity contribution in [3.63, 3.8) is 0 Å². The van der Waals surface area contributed by atoms with Gasteiger partial charge in [-0.1, -0.05) is 6.07 Å². The maximum atomic E-state index is 12.3. The Hall–Kier alpha value is -2.08. The molecule has 118 valence electrons. The molecule has 0 aromatic heterocycles. The van der Waals surface area contributed by atoms with Crippen LogP contribution in [0.25, 0.3) is 0 Å². The highest BCUT2D eigenvalue weighted by Gasteiger charge is 2.34. The number of fused-ring (bicyclic) bond motifs is 1. The van der Waals surface area contributed by atoms with Gasteiger partial charge in [0.05, 0.1) is 12.1 Å². The molecule has 2 unspecified atom stereocenters. The fraction of sp³-hybridized carbons (Fsp3) is 0.500. The third-order valence-corrected chi connectivity index (χ3v) is 4.26. The molecular weight excluding hydrogens is 284 g/mol. The van der Waals surface area contributed by atoms with Gasteiger partial charge < -0.3 is 20.5 Å². The highest BCUT2D eigenvalue weighted by Crippen LogP contribution is 2.42. The van der Waals surface area contributed by atoms with Crippen molar-refractivity contribution in [2.75, 3.05) is 11.4 Å². The Labute approximate surface area is 128 Å². The predicted molar refractivity (Wildman–Crippen MR) is 80.8 cm³/mol. The molecule has 1 aromatic carbocycles. The van der Waals surface area contributed by atoms with Crippen molar-refractivity contribution in [2.24, 2.45) is 11.7 Å². The largest absolute Gasteiger partial charge is 0.481 e. The summed E-state index contributed by atoms with van der Waals surface area (Å²) in [5, 5.41) is 8.88. The molecule has 1 heterocycles. The Kier molecular flexibility index (Phi) is 3.78. The topological polar surface area (TPSA) is 92.9 Å². The number of carbonyl (C=O) groups is 2. The van der Waals surface area contributed by atoms with E-state index in [1.807, 2.05) is 18.2 Å². The van der Waals surface area contributed by atoms with E-state index >= 15 is 0 Å². The van der Waals surface area contributed by atoms with Gasteiger partial charge in [0.1, 0.15) is 5.75 Å². The standard InChI is InChI=1S/C16H20N2O4/c1-9-16(21)18(7-6-14(19)20)12-8-11(4-5-13(12)22-9)15(17)10-2-3-10/h4-5,8-10,15H,2-3,6-7,17H2,1H3,(H,19,20). The van der Waals surface area contributed by atoms with Crippen LogP contribution in [0.3, 0.4) is 0 Å². The molecule has 0 spiro atoms. The van der Waals surface area contributed by atoms with Gasteiger partial charge in [-0.15, -0.1) is 0 Å². The zero-order chi connectivity index (χ0) is 15.9. The molecule has 1 fully saturated rings. The van der Waals surface area contributed by atoms with E-state index in [0.717, 1.165) is 18.4 Å². The number of ether oxygens (including phenoxy) is 1. The van der Waals surface area contributed by atoms with Crippen LogP contribution in [0.1, 0.15) is 37.8 Å². The Morgan fingerprint density at radius 2 is 2.23 bits per heavy atom. The average molecular weight is 304 g/mol. The minimum atomic E-state index is -0.931. The fourth-order valence-corrected chi connectivity index (χ4v) is 2.80. The predicted octanol–water partition coefficient (Wildman–Crippen LogP) is 1.68. The molecule has 0 bridgehead atoms. The van der Waals surface area contributed by atoms with Gasteiger partial charge in [-0.3, -0.25) is 9.59 Å². The number of hydrogen-bond donors (Lipinski definition) is 2. The number of rotatable bonds is 5. The Morgan fingerprint density at radius 3 is 2.86 bits per heavy atom. The number of nitrogens with two attached hydrogens (primary N) is 1. The minimum absolute atomic E-state index is 0.0407. The van der Waals surface area contributed by atoms with Crippen LogP contribution in [-0.2, 0) is 9.59 Å². The summed E-state index contributed by atoms with van der Waals surface area (Å²) in [4.78, 5) is 24.6. The van der Waals surface area contributed by atoms with Crippen LogP contribution in [0.5, 0.6) is 5.75 Å². The molecule has 2 atom stereocenters. The lowest BCUT2D eigenvalue weighted by Gasteiger charge is -2.33. The molecule has 2 aliphatic rings. The van der Waals surface area contributed by atoms with Crippen LogP contribution in [0.2, 0.25) is 0 Å². The smallest absolute Gasteiger partial charge is 0.305 e. The molecule has 1 aromatic rings. The lowest BCUT2D eigenvalue weighted by atomic mass is 10.0. The van der Waals surface area contributed by atoms with E-state index in [9.17, 15) is 9.59 Å². The van der Waals surface area contributed by atoms with Crippen LogP contribution in [-0.4, -0.2) is 29.6 Å². The van der Waals surface area contributed by atoms with Crippen molar-refractivity contribution in [3.8, 4) is 5.75 Å². The molecule has 0 radical (unpaired) electrons. The highest BCUT2D eigenvalue weighted by molar-refractivity contribution is 6.00. The minimum Gasteiger partial charge on any atom is -0.481 e. The monoisotopic (exact) mass is 304 g/mol. The first kappa shape index (κ1) is 14.8. The second-order valence-corrected chi connectivity index (χ2v) is 5.98. The van der Waals surface area contributed by atoms with Crippen molar-refractivity contribution in [1.29, 1.82) is 0 Å². The number of hydrogen-bond acceptors (Lipinski definition) is 4. The maximum Gasteiger partial charge on any atom is 0.305 e. The molecule has 6 nitrogen and oxygen atoms in total. The summed E-state index contributed by atoms with van der Waals surface area (Å²) in [6.45, 7) is 1.81. The van der Waals surface area contributed by atoms with Gasteiger partial charge in [0, 0.05) is 12.6 Å². The summed E-state index contributed by atoms with van der Waals surface area (Å²) >= 11 is 0. The number of carboxylic acids is 1. The first-order chi connectivity index (χ1) is 10.5. The number of aliphatic carboxylic acids is 1. The van der Waals surface area contributed by atoms with Gasteiger partial charge in [0.2, 0.25) is 0 Å². The van der Waals surface area contributed by atoms with Gasteiger partial charge >= 0.3 is 5.97 Å². The van der Waals surface area contributed by atoms with Gasteiger partial charge in [-0.05, 0) is 43.4 Å². The van der Waals surface area contributed by atoms with Gasteiger partial charge in [-0.2, -0.15) is 0 Å². The number of anilines is 1. The van der Waals surface area contributed by atoms with E-state index in [1.54, 1.807) is 6.92 Å². The van der Waals surface area contributed by atoms with Crippen molar-refractivity contribution in [1.82, 2.24) is 0 Å². The van der Waals surface area contributed by atoms with Crippen LogP contribution in [0.4, 0.5) is 5.69 Å². The number of nitrogens with zero attached hydrogens (tertiary/aromatic N) is 1. The summed E-state index contributed by atoms with van der Waals surface area (Å²) in [5.74, 6) is -0.0425. The maximum absolute atomic E-state index is 12.3. The first-order valence-electron chi connectivity index (χ1n) is 7.56. The number of carboxylic acid groups (broad SMARTS) is 1. The van der Waals surface area contributed by atoms with Crippen molar-refractivity contribution >= 4 is 17.6 Å². The zero-order valence-corrected chi connectivity index (χ0v) is 12.5. The third-order valence-electron chi connectivity index (χ3n) is 4.26. The van der Waals surface area contributed by atoms with Gasteiger partial charge in [0.25, 0.3) is 5.91 Å². The Morgan fingerprint density at radius 1 is 1.50 bits per heavy atom. The van der Waals surface area contributed by atoms with E-state index in [2.05, 4.69) is 0 Å². The molecule has 1 saturated carbocycles. The lowest BCUT2D eigenvalue weighted by Crippen LogP contribution is -2.45. The summed E-state index contributed by atoms with van der Waals surface area (Å²) in [6.07, 6.45) is 1.56. The zero-order valence-electron chi connectivity index (χ0n) is 12.5. The molecular formula is C16H20N2O4. The van der Waals surface area contributed by atoms with Gasteiger partial charge in [-0.25, -0.2) is 0 Å². The second kappa shape index (κ2) is 5.61. The van der Waals surface area contributed by atoms with E-state index in [-0.39, 0.29) is 24.9 Å². The summed E-state index contributed by atoms with van der Waals surface area (Å²) in [6, 6.07) is 5.58. The van der Waals surface area contributed by atoms with Crippen LogP contribution in [0.15, 0.2) is 18.2 Å². The van der Waals surface area contributed by atoms with E-state index in [1.165, 1.54) is 4.90 Å².